The number of likely N-dealkylation sites (tertiary alicyclic amines) is 1. The first-order chi connectivity index (χ1) is 11.0. The second-order valence-corrected chi connectivity index (χ2v) is 6.46. The predicted octanol–water partition coefficient (Wildman–Crippen LogP) is 2.38. The zero-order chi connectivity index (χ0) is 16.6. The maximum absolute atomic E-state index is 12.4. The standard InChI is InChI=1S/C18H21NO4/c1-11-6-5-7-12(2)16(11)23-15(20)10-19-17(21)13-8-3-4-9-14(13)18(19)22/h5-7,13-14H,3-4,8-10H2,1-2H3. The van der Waals surface area contributed by atoms with Gasteiger partial charge >= 0.3 is 5.97 Å². The van der Waals surface area contributed by atoms with Crippen LogP contribution in [0.1, 0.15) is 36.8 Å². The number of hydrogen-bond donors (Lipinski definition) is 0. The van der Waals surface area contributed by atoms with Gasteiger partial charge in [0.1, 0.15) is 12.3 Å². The van der Waals surface area contributed by atoms with Crippen molar-refractivity contribution < 1.29 is 19.1 Å². The van der Waals surface area contributed by atoms with Crippen molar-refractivity contribution in [1.82, 2.24) is 4.90 Å². The highest BCUT2D eigenvalue weighted by molar-refractivity contribution is 6.07. The zero-order valence-corrected chi connectivity index (χ0v) is 13.5. The second kappa shape index (κ2) is 6.14. The highest BCUT2D eigenvalue weighted by Crippen LogP contribution is 2.37. The summed E-state index contributed by atoms with van der Waals surface area (Å²) < 4.78 is 5.40. The summed E-state index contributed by atoms with van der Waals surface area (Å²) in [6, 6.07) is 5.60. The normalized spacial score (nSPS) is 23.8. The minimum atomic E-state index is -0.567. The molecular formula is C18H21NO4. The Balaban J connectivity index is 1.70. The van der Waals surface area contributed by atoms with Gasteiger partial charge in [-0.05, 0) is 37.8 Å². The van der Waals surface area contributed by atoms with Crippen LogP contribution >= 0.6 is 0 Å². The van der Waals surface area contributed by atoms with E-state index in [2.05, 4.69) is 0 Å². The van der Waals surface area contributed by atoms with Gasteiger partial charge in [0, 0.05) is 0 Å². The Bertz CT molecular complexity index is 623. The van der Waals surface area contributed by atoms with Crippen LogP contribution < -0.4 is 4.74 Å². The van der Waals surface area contributed by atoms with Crippen LogP contribution in [0.25, 0.3) is 0 Å². The van der Waals surface area contributed by atoms with Gasteiger partial charge in [0.25, 0.3) is 0 Å². The number of benzene rings is 1. The van der Waals surface area contributed by atoms with Gasteiger partial charge in [0.05, 0.1) is 11.8 Å². The molecule has 122 valence electrons. The third kappa shape index (κ3) is 2.87. The quantitative estimate of drug-likeness (QED) is 0.488. The van der Waals surface area contributed by atoms with E-state index in [1.54, 1.807) is 0 Å². The van der Waals surface area contributed by atoms with E-state index in [1.807, 2.05) is 32.0 Å². The zero-order valence-electron chi connectivity index (χ0n) is 13.5. The largest absolute Gasteiger partial charge is 0.425 e. The van der Waals surface area contributed by atoms with Crippen LogP contribution in [0.3, 0.4) is 0 Å². The highest BCUT2D eigenvalue weighted by Gasteiger charge is 2.48. The van der Waals surface area contributed by atoms with Crippen molar-refractivity contribution in [3.63, 3.8) is 0 Å². The maximum atomic E-state index is 12.4. The van der Waals surface area contributed by atoms with Gasteiger partial charge < -0.3 is 4.74 Å². The van der Waals surface area contributed by atoms with Crippen LogP contribution in [0.4, 0.5) is 0 Å². The molecule has 2 unspecified atom stereocenters. The van der Waals surface area contributed by atoms with Gasteiger partial charge in [0.2, 0.25) is 11.8 Å². The average Bonchev–Trinajstić information content (AvgIpc) is 2.77. The van der Waals surface area contributed by atoms with Gasteiger partial charge in [-0.3, -0.25) is 14.5 Å². The monoisotopic (exact) mass is 315 g/mol. The number of hydrogen-bond acceptors (Lipinski definition) is 4. The van der Waals surface area contributed by atoms with Crippen molar-refractivity contribution in [3.05, 3.63) is 29.3 Å². The van der Waals surface area contributed by atoms with Gasteiger partial charge in [-0.1, -0.05) is 31.0 Å². The molecule has 1 aliphatic heterocycles. The lowest BCUT2D eigenvalue weighted by Gasteiger charge is -2.19. The number of ether oxygens (including phenoxy) is 1. The predicted molar refractivity (Wildman–Crippen MR) is 83.7 cm³/mol. The average molecular weight is 315 g/mol. The molecule has 3 rings (SSSR count). The minimum Gasteiger partial charge on any atom is -0.425 e. The Morgan fingerprint density at radius 3 is 2.13 bits per heavy atom. The molecule has 0 bridgehead atoms. The summed E-state index contributed by atoms with van der Waals surface area (Å²) in [6.45, 7) is 3.42. The summed E-state index contributed by atoms with van der Waals surface area (Å²) in [5.74, 6) is -0.943. The first-order valence-electron chi connectivity index (χ1n) is 8.11. The van der Waals surface area contributed by atoms with Gasteiger partial charge in [-0.25, -0.2) is 4.79 Å². The third-order valence-corrected chi connectivity index (χ3v) is 4.84. The maximum Gasteiger partial charge on any atom is 0.331 e. The molecule has 1 saturated heterocycles. The molecule has 2 aliphatic rings. The first-order valence-corrected chi connectivity index (χ1v) is 8.11. The fourth-order valence-electron chi connectivity index (χ4n) is 3.62. The third-order valence-electron chi connectivity index (χ3n) is 4.84. The SMILES string of the molecule is Cc1cccc(C)c1OC(=O)CN1C(=O)C2CCCCC2C1=O. The van der Waals surface area contributed by atoms with E-state index in [0.29, 0.717) is 5.75 Å². The first kappa shape index (κ1) is 15.7. The Morgan fingerprint density at radius 2 is 1.61 bits per heavy atom. The molecule has 1 saturated carbocycles. The summed E-state index contributed by atoms with van der Waals surface area (Å²) >= 11 is 0. The number of fused-ring (bicyclic) bond motifs is 1. The van der Waals surface area contributed by atoms with E-state index < -0.39 is 5.97 Å². The lowest BCUT2D eigenvalue weighted by atomic mass is 9.81. The molecule has 23 heavy (non-hydrogen) atoms. The summed E-state index contributed by atoms with van der Waals surface area (Å²) in [7, 11) is 0. The van der Waals surface area contributed by atoms with E-state index in [0.717, 1.165) is 41.7 Å². The fraction of sp³-hybridized carbons (Fsp3) is 0.500. The molecule has 0 radical (unpaired) electrons. The van der Waals surface area contributed by atoms with E-state index in [-0.39, 0.29) is 30.2 Å². The van der Waals surface area contributed by atoms with E-state index in [1.165, 1.54) is 0 Å². The number of nitrogens with zero attached hydrogens (tertiary/aromatic N) is 1. The molecule has 1 aliphatic carbocycles. The summed E-state index contributed by atoms with van der Waals surface area (Å²) in [5, 5.41) is 0. The van der Waals surface area contributed by atoms with Crippen molar-refractivity contribution in [3.8, 4) is 5.75 Å². The molecular weight excluding hydrogens is 294 g/mol. The molecule has 1 heterocycles. The van der Waals surface area contributed by atoms with Crippen molar-refractivity contribution in [2.24, 2.45) is 11.8 Å². The van der Waals surface area contributed by atoms with Crippen LogP contribution in [0.15, 0.2) is 18.2 Å². The van der Waals surface area contributed by atoms with E-state index >= 15 is 0 Å². The van der Waals surface area contributed by atoms with E-state index in [4.69, 9.17) is 4.74 Å². The summed E-state index contributed by atoms with van der Waals surface area (Å²) in [4.78, 5) is 38.0. The highest BCUT2D eigenvalue weighted by atomic mass is 16.5. The molecule has 5 heteroatoms. The number of imide groups is 1. The molecule has 1 aromatic rings. The van der Waals surface area contributed by atoms with Crippen LogP contribution in [0.2, 0.25) is 0 Å². The van der Waals surface area contributed by atoms with Gasteiger partial charge in [0.15, 0.2) is 0 Å². The number of esters is 1. The van der Waals surface area contributed by atoms with Crippen molar-refractivity contribution in [2.75, 3.05) is 6.54 Å². The smallest absolute Gasteiger partial charge is 0.331 e. The van der Waals surface area contributed by atoms with Crippen LogP contribution in [-0.2, 0) is 14.4 Å². The summed E-state index contributed by atoms with van der Waals surface area (Å²) in [5.41, 5.74) is 1.71. The molecule has 2 amide bonds. The van der Waals surface area contributed by atoms with Crippen molar-refractivity contribution >= 4 is 17.8 Å². The van der Waals surface area contributed by atoms with Crippen molar-refractivity contribution in [1.29, 1.82) is 0 Å². The van der Waals surface area contributed by atoms with Crippen LogP contribution in [0.5, 0.6) is 5.75 Å². The number of para-hydroxylation sites is 1. The molecule has 1 aromatic carbocycles. The van der Waals surface area contributed by atoms with Gasteiger partial charge in [-0.15, -0.1) is 0 Å². The lowest BCUT2D eigenvalue weighted by molar-refractivity contribution is -0.148. The van der Waals surface area contributed by atoms with Crippen LogP contribution in [-0.4, -0.2) is 29.2 Å². The minimum absolute atomic E-state index is 0.210. The molecule has 2 fully saturated rings. The molecule has 5 nitrogen and oxygen atoms in total. The number of carbonyl (C=O) groups is 3. The fourth-order valence-corrected chi connectivity index (χ4v) is 3.62. The molecule has 0 N–H and O–H groups in total. The number of carbonyl (C=O) groups excluding carboxylic acids is 3. The Morgan fingerprint density at radius 1 is 1.09 bits per heavy atom. The van der Waals surface area contributed by atoms with Crippen molar-refractivity contribution in [2.45, 2.75) is 39.5 Å². The van der Waals surface area contributed by atoms with E-state index in [9.17, 15) is 14.4 Å². The Hall–Kier alpha value is -2.17. The lowest BCUT2D eigenvalue weighted by Crippen LogP contribution is -2.37. The summed E-state index contributed by atoms with van der Waals surface area (Å²) in [6.07, 6.45) is 3.44. The van der Waals surface area contributed by atoms with Crippen LogP contribution in [0, 0.1) is 25.7 Å². The molecule has 0 aromatic heterocycles. The Kier molecular flexibility index (Phi) is 4.20. The topological polar surface area (TPSA) is 63.7 Å². The molecule has 2 atom stereocenters. The number of rotatable bonds is 3. The number of amides is 2. The second-order valence-electron chi connectivity index (χ2n) is 6.46. The molecule has 0 spiro atoms. The van der Waals surface area contributed by atoms with Gasteiger partial charge in [-0.2, -0.15) is 0 Å². The Labute approximate surface area is 135 Å². The number of aryl methyl sites for hydroxylation is 2.